The molecule has 5 heterocycles. The highest BCUT2D eigenvalue weighted by atomic mass is 19.1. The third kappa shape index (κ3) is 3.96. The number of benzene rings is 1. The SMILES string of the molecule is CC(C)Oc1ccc(-c2ccc3c(n2)Oc2c(F)cccc2[C@@H]3C(C)(C)c2nc3nccnc3[nH]2)cn1. The normalized spacial score (nSPS) is 14.8. The summed E-state index contributed by atoms with van der Waals surface area (Å²) in [6, 6.07) is 12.6. The van der Waals surface area contributed by atoms with Crippen LogP contribution in [0.4, 0.5) is 4.39 Å². The molecule has 9 heteroatoms. The molecule has 1 aliphatic heterocycles. The van der Waals surface area contributed by atoms with Crippen LogP contribution in [-0.2, 0) is 5.41 Å². The maximum absolute atomic E-state index is 15.0. The summed E-state index contributed by atoms with van der Waals surface area (Å²) in [5, 5.41) is 0. The summed E-state index contributed by atoms with van der Waals surface area (Å²) in [5.74, 6) is 1.01. The van der Waals surface area contributed by atoms with Crippen LogP contribution in [0.1, 0.15) is 50.6 Å². The molecule has 37 heavy (non-hydrogen) atoms. The van der Waals surface area contributed by atoms with Crippen molar-refractivity contribution in [2.24, 2.45) is 0 Å². The molecular weight excluding hydrogens is 471 g/mol. The van der Waals surface area contributed by atoms with Gasteiger partial charge >= 0.3 is 0 Å². The van der Waals surface area contributed by atoms with E-state index < -0.39 is 11.2 Å². The number of aromatic amines is 1. The lowest BCUT2D eigenvalue weighted by Crippen LogP contribution is -2.32. The van der Waals surface area contributed by atoms with E-state index in [0.717, 1.165) is 16.7 Å². The van der Waals surface area contributed by atoms with Crippen LogP contribution in [0.25, 0.3) is 22.6 Å². The first-order valence-corrected chi connectivity index (χ1v) is 12.1. The summed E-state index contributed by atoms with van der Waals surface area (Å²) in [6.45, 7) is 8.02. The van der Waals surface area contributed by atoms with E-state index in [2.05, 4.69) is 33.8 Å². The van der Waals surface area contributed by atoms with Crippen molar-refractivity contribution in [2.75, 3.05) is 0 Å². The van der Waals surface area contributed by atoms with Crippen LogP contribution in [0, 0.1) is 5.82 Å². The maximum atomic E-state index is 15.0. The van der Waals surface area contributed by atoms with Crippen LogP contribution in [0.2, 0.25) is 0 Å². The Morgan fingerprint density at radius 3 is 2.57 bits per heavy atom. The number of nitrogens with one attached hydrogen (secondary N) is 1. The number of nitrogens with zero attached hydrogens (tertiary/aromatic N) is 5. The number of halogens is 1. The van der Waals surface area contributed by atoms with Gasteiger partial charge in [-0.25, -0.2) is 29.3 Å². The first kappa shape index (κ1) is 23.0. The minimum Gasteiger partial charge on any atom is -0.475 e. The lowest BCUT2D eigenvalue weighted by molar-refractivity contribution is 0.232. The average Bonchev–Trinajstić information content (AvgIpc) is 3.33. The molecule has 1 aliphatic rings. The fraction of sp³-hybridized carbons (Fsp3) is 0.250. The molecule has 1 N–H and O–H groups in total. The minimum atomic E-state index is -0.607. The quantitative estimate of drug-likeness (QED) is 0.321. The molecule has 1 aromatic carbocycles. The number of fused-ring (bicyclic) bond motifs is 3. The molecule has 1 atom stereocenters. The molecule has 0 spiro atoms. The lowest BCUT2D eigenvalue weighted by atomic mass is 9.69. The molecule has 0 bridgehead atoms. The van der Waals surface area contributed by atoms with Crippen LogP contribution in [-0.4, -0.2) is 36.0 Å². The zero-order chi connectivity index (χ0) is 25.7. The molecule has 0 saturated carbocycles. The highest BCUT2D eigenvalue weighted by Crippen LogP contribution is 2.52. The average molecular weight is 497 g/mol. The van der Waals surface area contributed by atoms with Gasteiger partial charge in [0.15, 0.2) is 22.9 Å². The molecule has 0 amide bonds. The monoisotopic (exact) mass is 496 g/mol. The number of hydrogen-bond acceptors (Lipinski definition) is 7. The second-order valence-electron chi connectivity index (χ2n) is 9.87. The van der Waals surface area contributed by atoms with Gasteiger partial charge in [0.05, 0.1) is 11.8 Å². The number of rotatable bonds is 5. The van der Waals surface area contributed by atoms with Gasteiger partial charge < -0.3 is 14.5 Å². The van der Waals surface area contributed by atoms with E-state index in [1.54, 1.807) is 24.7 Å². The van der Waals surface area contributed by atoms with Gasteiger partial charge in [-0.1, -0.05) is 32.0 Å². The number of pyridine rings is 2. The summed E-state index contributed by atoms with van der Waals surface area (Å²) < 4.78 is 26.8. The molecular formula is C28H25FN6O2. The van der Waals surface area contributed by atoms with Crippen molar-refractivity contribution in [3.05, 3.63) is 83.8 Å². The first-order valence-electron chi connectivity index (χ1n) is 12.1. The topological polar surface area (TPSA) is 98.7 Å². The van der Waals surface area contributed by atoms with E-state index in [1.165, 1.54) is 6.07 Å². The van der Waals surface area contributed by atoms with Crippen molar-refractivity contribution in [3.8, 4) is 28.8 Å². The van der Waals surface area contributed by atoms with Crippen molar-refractivity contribution in [1.29, 1.82) is 0 Å². The Bertz CT molecular complexity index is 1580. The fourth-order valence-electron chi connectivity index (χ4n) is 4.85. The van der Waals surface area contributed by atoms with Crippen LogP contribution < -0.4 is 9.47 Å². The van der Waals surface area contributed by atoms with Gasteiger partial charge in [0.2, 0.25) is 11.8 Å². The molecule has 4 aromatic heterocycles. The summed E-state index contributed by atoms with van der Waals surface area (Å²) >= 11 is 0. The van der Waals surface area contributed by atoms with Gasteiger partial charge in [-0.3, -0.25) is 0 Å². The number of aromatic nitrogens is 6. The van der Waals surface area contributed by atoms with Crippen molar-refractivity contribution in [3.63, 3.8) is 0 Å². The molecule has 0 saturated heterocycles. The van der Waals surface area contributed by atoms with Crippen molar-refractivity contribution in [2.45, 2.75) is 45.1 Å². The van der Waals surface area contributed by atoms with E-state index in [-0.39, 0.29) is 17.8 Å². The Kier molecular flexibility index (Phi) is 5.36. The Morgan fingerprint density at radius 2 is 1.81 bits per heavy atom. The van der Waals surface area contributed by atoms with Gasteiger partial charge in [-0.15, -0.1) is 0 Å². The molecule has 0 aliphatic carbocycles. The predicted molar refractivity (Wildman–Crippen MR) is 136 cm³/mol. The highest BCUT2D eigenvalue weighted by molar-refractivity contribution is 5.66. The van der Waals surface area contributed by atoms with Crippen LogP contribution in [0.3, 0.4) is 0 Å². The second kappa shape index (κ2) is 8.62. The Hall–Kier alpha value is -4.40. The van der Waals surface area contributed by atoms with Crippen LogP contribution >= 0.6 is 0 Å². The Morgan fingerprint density at radius 1 is 0.973 bits per heavy atom. The fourth-order valence-corrected chi connectivity index (χ4v) is 4.85. The summed E-state index contributed by atoms with van der Waals surface area (Å²) in [7, 11) is 0. The van der Waals surface area contributed by atoms with Gasteiger partial charge in [-0.2, -0.15) is 0 Å². The van der Waals surface area contributed by atoms with Gasteiger partial charge in [0, 0.05) is 52.7 Å². The van der Waals surface area contributed by atoms with E-state index >= 15 is 4.39 Å². The number of hydrogen-bond donors (Lipinski definition) is 1. The predicted octanol–water partition coefficient (Wildman–Crippen LogP) is 5.95. The molecule has 0 unspecified atom stereocenters. The molecule has 8 nitrogen and oxygen atoms in total. The molecule has 5 aromatic rings. The van der Waals surface area contributed by atoms with E-state index in [4.69, 9.17) is 19.4 Å². The van der Waals surface area contributed by atoms with Crippen molar-refractivity contribution < 1.29 is 13.9 Å². The maximum Gasteiger partial charge on any atom is 0.223 e. The summed E-state index contributed by atoms with van der Waals surface area (Å²) in [5.41, 5.74) is 3.55. The van der Waals surface area contributed by atoms with E-state index in [1.807, 2.05) is 44.2 Å². The smallest absolute Gasteiger partial charge is 0.223 e. The highest BCUT2D eigenvalue weighted by Gasteiger charge is 2.43. The number of ether oxygens (including phenoxy) is 2. The number of imidazole rings is 1. The zero-order valence-electron chi connectivity index (χ0n) is 20.9. The minimum absolute atomic E-state index is 0.0298. The van der Waals surface area contributed by atoms with Gasteiger partial charge in [-0.05, 0) is 32.0 Å². The zero-order valence-corrected chi connectivity index (χ0v) is 20.9. The third-order valence-corrected chi connectivity index (χ3v) is 6.56. The van der Waals surface area contributed by atoms with E-state index in [9.17, 15) is 0 Å². The lowest BCUT2D eigenvalue weighted by Gasteiger charge is -2.37. The standard InChI is InChI=1S/C28H25FN6O2/c1-15(2)36-21-11-8-16(14-32-21)20-10-9-18-22(17-6-5-7-19(29)23(17)37-26(18)33-20)28(3,4)27-34-24-25(35-27)31-13-12-30-24/h5-15,22H,1-4H3,(H,30,31,34,35)/t22-/m0/s1. The van der Waals surface area contributed by atoms with Gasteiger partial charge in [0.1, 0.15) is 5.82 Å². The third-order valence-electron chi connectivity index (χ3n) is 6.56. The number of H-pyrrole nitrogens is 1. The Labute approximate surface area is 213 Å². The molecule has 6 rings (SSSR count). The van der Waals surface area contributed by atoms with Gasteiger partial charge in [0.25, 0.3) is 0 Å². The first-order chi connectivity index (χ1) is 17.8. The largest absolute Gasteiger partial charge is 0.475 e. The summed E-state index contributed by atoms with van der Waals surface area (Å²) in [6.07, 6.45) is 4.96. The van der Waals surface area contributed by atoms with Crippen molar-refractivity contribution in [1.82, 2.24) is 29.9 Å². The Balaban J connectivity index is 1.46. The molecule has 0 fully saturated rings. The summed E-state index contributed by atoms with van der Waals surface area (Å²) in [4.78, 5) is 25.8. The van der Waals surface area contributed by atoms with Crippen molar-refractivity contribution >= 4 is 11.3 Å². The number of para-hydroxylation sites is 1. The van der Waals surface area contributed by atoms with Crippen LogP contribution in [0.5, 0.6) is 17.5 Å². The molecule has 0 radical (unpaired) electrons. The van der Waals surface area contributed by atoms with E-state index in [0.29, 0.717) is 34.6 Å². The molecule has 186 valence electrons. The van der Waals surface area contributed by atoms with Crippen LogP contribution in [0.15, 0.2) is 61.1 Å². The second-order valence-corrected chi connectivity index (χ2v) is 9.87.